The lowest BCUT2D eigenvalue weighted by Crippen LogP contribution is -2.35. The first-order valence-electron chi connectivity index (χ1n) is 8.53. The highest BCUT2D eigenvalue weighted by atomic mass is 16.5. The number of hydrogen-bond donors (Lipinski definition) is 2. The van der Waals surface area contributed by atoms with Crippen LogP contribution in [0.4, 0.5) is 0 Å². The van der Waals surface area contributed by atoms with Crippen molar-refractivity contribution < 1.29 is 9.53 Å². The molecule has 1 saturated heterocycles. The summed E-state index contributed by atoms with van der Waals surface area (Å²) < 4.78 is 6.98. The monoisotopic (exact) mass is 345 g/mol. The van der Waals surface area contributed by atoms with E-state index >= 15 is 0 Å². The SMILES string of the molecule is CCn1c(=O)[nH]c2cc(C(=O)NCC3CCC(C)(C)O3)ccc2c1=O. The van der Waals surface area contributed by atoms with Crippen LogP contribution in [-0.4, -0.2) is 33.7 Å². The van der Waals surface area contributed by atoms with Gasteiger partial charge in [0.15, 0.2) is 0 Å². The van der Waals surface area contributed by atoms with Gasteiger partial charge in [-0.25, -0.2) is 4.79 Å². The number of nitrogens with one attached hydrogen (secondary N) is 2. The Balaban J connectivity index is 1.78. The summed E-state index contributed by atoms with van der Waals surface area (Å²) in [7, 11) is 0. The Morgan fingerprint density at radius 3 is 2.80 bits per heavy atom. The number of rotatable bonds is 4. The van der Waals surface area contributed by atoms with E-state index in [4.69, 9.17) is 4.74 Å². The number of fused-ring (bicyclic) bond motifs is 1. The molecule has 7 nitrogen and oxygen atoms in total. The van der Waals surface area contributed by atoms with Crippen LogP contribution in [0, 0.1) is 0 Å². The fraction of sp³-hybridized carbons (Fsp3) is 0.500. The van der Waals surface area contributed by atoms with E-state index in [9.17, 15) is 14.4 Å². The first-order valence-corrected chi connectivity index (χ1v) is 8.53. The molecule has 2 aromatic rings. The number of nitrogens with zero attached hydrogens (tertiary/aromatic N) is 1. The van der Waals surface area contributed by atoms with E-state index in [0.29, 0.717) is 29.6 Å². The molecule has 7 heteroatoms. The number of carbonyl (C=O) groups is 1. The Labute approximate surface area is 145 Å². The molecule has 1 aromatic carbocycles. The van der Waals surface area contributed by atoms with Gasteiger partial charge < -0.3 is 15.0 Å². The van der Waals surface area contributed by atoms with Crippen molar-refractivity contribution in [2.75, 3.05) is 6.54 Å². The second kappa shape index (κ2) is 6.48. The molecule has 134 valence electrons. The molecule has 0 spiro atoms. The van der Waals surface area contributed by atoms with Crippen LogP contribution in [0.3, 0.4) is 0 Å². The zero-order chi connectivity index (χ0) is 18.2. The Kier molecular flexibility index (Phi) is 4.51. The maximum Gasteiger partial charge on any atom is 0.328 e. The third kappa shape index (κ3) is 3.51. The number of benzene rings is 1. The van der Waals surface area contributed by atoms with E-state index in [0.717, 1.165) is 17.4 Å². The second-order valence-corrected chi connectivity index (χ2v) is 6.99. The van der Waals surface area contributed by atoms with E-state index in [1.165, 1.54) is 6.07 Å². The summed E-state index contributed by atoms with van der Waals surface area (Å²) in [5.74, 6) is -0.254. The molecule has 1 aromatic heterocycles. The molecule has 1 aliphatic heterocycles. The molecule has 0 aliphatic carbocycles. The van der Waals surface area contributed by atoms with Gasteiger partial charge in [0.2, 0.25) is 0 Å². The van der Waals surface area contributed by atoms with E-state index in [2.05, 4.69) is 10.3 Å². The topological polar surface area (TPSA) is 93.2 Å². The van der Waals surface area contributed by atoms with E-state index in [1.807, 2.05) is 13.8 Å². The zero-order valence-corrected chi connectivity index (χ0v) is 14.7. The lowest BCUT2D eigenvalue weighted by atomic mass is 10.1. The Morgan fingerprint density at radius 2 is 2.16 bits per heavy atom. The average Bonchev–Trinajstić information content (AvgIpc) is 2.91. The number of carbonyl (C=O) groups excluding carboxylic acids is 1. The van der Waals surface area contributed by atoms with Gasteiger partial charge in [0.05, 0.1) is 22.6 Å². The van der Waals surface area contributed by atoms with Gasteiger partial charge in [0, 0.05) is 18.7 Å². The first kappa shape index (κ1) is 17.4. The smallest absolute Gasteiger partial charge is 0.328 e. The van der Waals surface area contributed by atoms with Crippen LogP contribution in [-0.2, 0) is 11.3 Å². The molecule has 2 heterocycles. The van der Waals surface area contributed by atoms with Gasteiger partial charge in [-0.1, -0.05) is 0 Å². The van der Waals surface area contributed by atoms with Gasteiger partial charge in [-0.15, -0.1) is 0 Å². The number of hydrogen-bond acceptors (Lipinski definition) is 4. The minimum atomic E-state index is -0.473. The van der Waals surface area contributed by atoms with E-state index in [-0.39, 0.29) is 23.2 Å². The van der Waals surface area contributed by atoms with Crippen molar-refractivity contribution in [2.24, 2.45) is 0 Å². The molecule has 0 radical (unpaired) electrons. The largest absolute Gasteiger partial charge is 0.371 e. The van der Waals surface area contributed by atoms with Crippen LogP contribution in [0.5, 0.6) is 0 Å². The van der Waals surface area contributed by atoms with Crippen molar-refractivity contribution in [1.82, 2.24) is 14.9 Å². The first-order chi connectivity index (χ1) is 11.8. The number of aromatic amines is 1. The summed E-state index contributed by atoms with van der Waals surface area (Å²) >= 11 is 0. The van der Waals surface area contributed by atoms with Crippen LogP contribution in [0.25, 0.3) is 10.9 Å². The van der Waals surface area contributed by atoms with Crippen molar-refractivity contribution in [3.05, 3.63) is 44.6 Å². The van der Waals surface area contributed by atoms with Gasteiger partial charge in [-0.3, -0.25) is 14.2 Å². The van der Waals surface area contributed by atoms with Gasteiger partial charge in [-0.2, -0.15) is 0 Å². The van der Waals surface area contributed by atoms with Crippen LogP contribution in [0.15, 0.2) is 27.8 Å². The Bertz CT molecular complexity index is 926. The van der Waals surface area contributed by atoms with Crippen molar-refractivity contribution in [3.63, 3.8) is 0 Å². The van der Waals surface area contributed by atoms with Crippen molar-refractivity contribution in [1.29, 1.82) is 0 Å². The van der Waals surface area contributed by atoms with Crippen LogP contribution in [0.2, 0.25) is 0 Å². The molecular weight excluding hydrogens is 322 g/mol. The lowest BCUT2D eigenvalue weighted by Gasteiger charge is -2.19. The highest BCUT2D eigenvalue weighted by Crippen LogP contribution is 2.28. The standard InChI is InChI=1S/C18H23N3O4/c1-4-21-16(23)13-6-5-11(9-14(13)20-17(21)24)15(22)19-10-12-7-8-18(2,3)25-12/h5-6,9,12H,4,7-8,10H2,1-3H3,(H,19,22)(H,20,24). The maximum absolute atomic E-state index is 12.4. The van der Waals surface area contributed by atoms with Crippen molar-refractivity contribution >= 4 is 16.8 Å². The molecule has 3 rings (SSSR count). The van der Waals surface area contributed by atoms with E-state index < -0.39 is 5.69 Å². The van der Waals surface area contributed by atoms with Gasteiger partial charge in [-0.05, 0) is 51.8 Å². The van der Waals surface area contributed by atoms with Crippen LogP contribution < -0.4 is 16.6 Å². The predicted octanol–water partition coefficient (Wildman–Crippen LogP) is 1.40. The molecule has 1 amide bonds. The third-order valence-corrected chi connectivity index (χ3v) is 4.60. The number of aromatic nitrogens is 2. The molecule has 1 unspecified atom stereocenters. The zero-order valence-electron chi connectivity index (χ0n) is 14.7. The molecular formula is C18H23N3O4. The molecule has 25 heavy (non-hydrogen) atoms. The third-order valence-electron chi connectivity index (χ3n) is 4.60. The Morgan fingerprint density at radius 1 is 1.40 bits per heavy atom. The summed E-state index contributed by atoms with van der Waals surface area (Å²) in [5, 5.41) is 3.24. The molecule has 2 N–H and O–H groups in total. The summed E-state index contributed by atoms with van der Waals surface area (Å²) in [5.41, 5.74) is -0.203. The van der Waals surface area contributed by atoms with Crippen molar-refractivity contribution in [3.8, 4) is 0 Å². The summed E-state index contributed by atoms with van der Waals surface area (Å²) in [4.78, 5) is 39.2. The quantitative estimate of drug-likeness (QED) is 0.876. The molecule has 0 saturated carbocycles. The minimum Gasteiger partial charge on any atom is -0.371 e. The fourth-order valence-corrected chi connectivity index (χ4v) is 3.21. The normalized spacial score (nSPS) is 19.2. The molecule has 1 fully saturated rings. The van der Waals surface area contributed by atoms with Crippen molar-refractivity contribution in [2.45, 2.75) is 51.9 Å². The highest BCUT2D eigenvalue weighted by Gasteiger charge is 2.31. The molecule has 1 atom stereocenters. The molecule has 0 bridgehead atoms. The number of H-pyrrole nitrogens is 1. The summed E-state index contributed by atoms with van der Waals surface area (Å²) in [6.07, 6.45) is 1.89. The number of ether oxygens (including phenoxy) is 1. The van der Waals surface area contributed by atoms with Crippen LogP contribution in [0.1, 0.15) is 44.0 Å². The minimum absolute atomic E-state index is 0.0102. The number of amides is 1. The van der Waals surface area contributed by atoms with E-state index in [1.54, 1.807) is 19.1 Å². The Hall–Kier alpha value is -2.41. The second-order valence-electron chi connectivity index (χ2n) is 6.99. The van der Waals surface area contributed by atoms with Gasteiger partial charge in [0.1, 0.15) is 0 Å². The van der Waals surface area contributed by atoms with Gasteiger partial charge in [0.25, 0.3) is 11.5 Å². The lowest BCUT2D eigenvalue weighted by molar-refractivity contribution is -0.0138. The predicted molar refractivity (Wildman–Crippen MR) is 95.0 cm³/mol. The summed E-state index contributed by atoms with van der Waals surface area (Å²) in [6, 6.07) is 4.70. The van der Waals surface area contributed by atoms with Crippen LogP contribution >= 0.6 is 0 Å². The van der Waals surface area contributed by atoms with Gasteiger partial charge >= 0.3 is 5.69 Å². The fourth-order valence-electron chi connectivity index (χ4n) is 3.21. The highest BCUT2D eigenvalue weighted by molar-refractivity contribution is 5.97. The maximum atomic E-state index is 12.4. The molecule has 1 aliphatic rings. The summed E-state index contributed by atoms with van der Waals surface area (Å²) in [6.45, 7) is 6.55. The average molecular weight is 345 g/mol.